The predicted molar refractivity (Wildman–Crippen MR) is 163 cm³/mol. The molecule has 2 unspecified atom stereocenters. The van der Waals surface area contributed by atoms with E-state index in [-0.39, 0.29) is 24.3 Å². The molecule has 2 atom stereocenters. The summed E-state index contributed by atoms with van der Waals surface area (Å²) in [5, 5.41) is 0. The summed E-state index contributed by atoms with van der Waals surface area (Å²) >= 11 is 0. The summed E-state index contributed by atoms with van der Waals surface area (Å²) in [4.78, 5) is 17.3. The molecule has 1 aliphatic carbocycles. The summed E-state index contributed by atoms with van der Waals surface area (Å²) in [6.07, 6.45) is 9.36. The first-order chi connectivity index (χ1) is 19.2. The van der Waals surface area contributed by atoms with Gasteiger partial charge in [0, 0.05) is 37.8 Å². The van der Waals surface area contributed by atoms with Crippen molar-refractivity contribution < 1.29 is 14.3 Å². The van der Waals surface area contributed by atoms with Crippen LogP contribution in [0.5, 0.6) is 0 Å². The van der Waals surface area contributed by atoms with Gasteiger partial charge in [-0.25, -0.2) is 4.79 Å². The van der Waals surface area contributed by atoms with Gasteiger partial charge in [-0.2, -0.15) is 0 Å². The Bertz CT molecular complexity index is 960. The third-order valence-electron chi connectivity index (χ3n) is 8.66. The number of nitrogens with zero attached hydrogens (tertiary/aromatic N) is 2. The van der Waals surface area contributed by atoms with Crippen molar-refractivity contribution >= 4 is 6.09 Å². The Balaban J connectivity index is 1.18. The zero-order valence-electron chi connectivity index (χ0n) is 25.6. The van der Waals surface area contributed by atoms with Gasteiger partial charge in [-0.05, 0) is 103 Å². The smallest absolute Gasteiger partial charge is 0.410 e. The molecule has 220 valence electrons. The fraction of sp³-hybridized carbons (Fsp3) is 0.629. The van der Waals surface area contributed by atoms with E-state index in [1.54, 1.807) is 0 Å². The minimum Gasteiger partial charge on any atom is -0.444 e. The molecule has 1 heterocycles. The Labute approximate surface area is 243 Å². The van der Waals surface area contributed by atoms with Gasteiger partial charge >= 0.3 is 6.09 Å². The van der Waals surface area contributed by atoms with Crippen LogP contribution in [0.15, 0.2) is 60.7 Å². The number of amides is 1. The maximum Gasteiger partial charge on any atom is 0.410 e. The summed E-state index contributed by atoms with van der Waals surface area (Å²) in [5.74, 6) is 0.807. The van der Waals surface area contributed by atoms with Crippen LogP contribution in [0.4, 0.5) is 4.79 Å². The maximum atomic E-state index is 12.7. The fourth-order valence-electron chi connectivity index (χ4n) is 6.70. The van der Waals surface area contributed by atoms with E-state index in [1.807, 2.05) is 25.7 Å². The van der Waals surface area contributed by atoms with Crippen LogP contribution >= 0.6 is 0 Å². The highest BCUT2D eigenvalue weighted by Crippen LogP contribution is 2.33. The topological polar surface area (TPSA) is 42.0 Å². The van der Waals surface area contributed by atoms with Gasteiger partial charge in [0.05, 0.1) is 6.10 Å². The van der Waals surface area contributed by atoms with E-state index in [1.165, 1.54) is 43.2 Å². The van der Waals surface area contributed by atoms with Crippen molar-refractivity contribution in [3.63, 3.8) is 0 Å². The van der Waals surface area contributed by atoms with Crippen LogP contribution in [-0.4, -0.2) is 52.3 Å². The number of likely N-dealkylation sites (tertiary alicyclic amines) is 1. The van der Waals surface area contributed by atoms with Gasteiger partial charge in [0.15, 0.2) is 0 Å². The van der Waals surface area contributed by atoms with E-state index >= 15 is 0 Å². The second kappa shape index (κ2) is 14.5. The summed E-state index contributed by atoms with van der Waals surface area (Å²) < 4.78 is 12.0. The van der Waals surface area contributed by atoms with E-state index in [9.17, 15) is 4.79 Å². The molecule has 4 rings (SSSR count). The summed E-state index contributed by atoms with van der Waals surface area (Å²) in [7, 11) is 0. The lowest BCUT2D eigenvalue weighted by atomic mass is 9.82. The van der Waals surface area contributed by atoms with Gasteiger partial charge in [-0.1, -0.05) is 60.7 Å². The lowest BCUT2D eigenvalue weighted by Crippen LogP contribution is -2.53. The molecule has 5 nitrogen and oxygen atoms in total. The highest BCUT2D eigenvalue weighted by atomic mass is 16.6. The summed E-state index contributed by atoms with van der Waals surface area (Å²) in [6, 6.07) is 22.8. The molecule has 1 saturated heterocycles. The standard InChI is InChI=1S/C35H52N2O3/c1-27-23-33(24-28(2)37(27)34(38)40-35(3,4)5)39-22-12-17-29-18-20-32(21-19-29)36(25-30-13-8-6-9-14-30)26-31-15-10-7-11-16-31/h6-11,13-16,27-29,32-33H,12,17-26H2,1-5H3. The molecule has 5 heteroatoms. The number of benzene rings is 2. The number of rotatable bonds is 10. The van der Waals surface area contributed by atoms with Crippen LogP contribution in [0.1, 0.15) is 97.1 Å². The second-order valence-corrected chi connectivity index (χ2v) is 13.2. The number of ether oxygens (including phenoxy) is 2. The molecule has 0 radical (unpaired) electrons. The average Bonchev–Trinajstić information content (AvgIpc) is 2.91. The number of hydrogen-bond acceptors (Lipinski definition) is 4. The fourth-order valence-corrected chi connectivity index (χ4v) is 6.70. The summed E-state index contributed by atoms with van der Waals surface area (Å²) in [6.45, 7) is 12.9. The first-order valence-electron chi connectivity index (χ1n) is 15.6. The molecule has 1 saturated carbocycles. The molecular formula is C35H52N2O3. The van der Waals surface area contributed by atoms with Crippen molar-refractivity contribution in [2.45, 2.75) is 129 Å². The predicted octanol–water partition coefficient (Wildman–Crippen LogP) is 8.22. The van der Waals surface area contributed by atoms with Crippen LogP contribution in [0.2, 0.25) is 0 Å². The van der Waals surface area contributed by atoms with Crippen LogP contribution in [0.25, 0.3) is 0 Å². The second-order valence-electron chi connectivity index (χ2n) is 13.2. The first-order valence-corrected chi connectivity index (χ1v) is 15.6. The quantitative estimate of drug-likeness (QED) is 0.281. The first kappa shape index (κ1) is 30.6. The lowest BCUT2D eigenvalue weighted by molar-refractivity contribution is -0.0467. The number of carbonyl (C=O) groups is 1. The Hall–Kier alpha value is -2.37. The van der Waals surface area contributed by atoms with Crippen molar-refractivity contribution in [1.29, 1.82) is 0 Å². The van der Waals surface area contributed by atoms with Gasteiger partial charge in [-0.15, -0.1) is 0 Å². The normalized spacial score (nSPS) is 25.6. The van der Waals surface area contributed by atoms with Crippen molar-refractivity contribution in [3.8, 4) is 0 Å². The Morgan fingerprint density at radius 2 is 1.38 bits per heavy atom. The van der Waals surface area contributed by atoms with E-state index in [0.717, 1.165) is 44.9 Å². The molecule has 0 aromatic heterocycles. The molecular weight excluding hydrogens is 496 g/mol. The molecule has 0 spiro atoms. The molecule has 2 aromatic rings. The Kier molecular flexibility index (Phi) is 11.1. The maximum absolute atomic E-state index is 12.7. The third kappa shape index (κ3) is 9.34. The zero-order valence-corrected chi connectivity index (χ0v) is 25.6. The number of hydrogen-bond donors (Lipinski definition) is 0. The van der Waals surface area contributed by atoms with Crippen LogP contribution in [0, 0.1) is 5.92 Å². The number of piperidine rings is 1. The van der Waals surface area contributed by atoms with E-state index in [0.29, 0.717) is 6.04 Å². The highest BCUT2D eigenvalue weighted by Gasteiger charge is 2.36. The average molecular weight is 549 g/mol. The van der Waals surface area contributed by atoms with Crippen molar-refractivity contribution in [2.24, 2.45) is 5.92 Å². The molecule has 0 bridgehead atoms. The van der Waals surface area contributed by atoms with E-state index in [4.69, 9.17) is 9.47 Å². The van der Waals surface area contributed by atoms with Gasteiger partial charge in [0.1, 0.15) is 5.60 Å². The molecule has 2 aromatic carbocycles. The van der Waals surface area contributed by atoms with Crippen LogP contribution < -0.4 is 0 Å². The summed E-state index contributed by atoms with van der Waals surface area (Å²) in [5.41, 5.74) is 2.34. The van der Waals surface area contributed by atoms with Crippen LogP contribution in [0.3, 0.4) is 0 Å². The Morgan fingerprint density at radius 3 is 1.88 bits per heavy atom. The monoisotopic (exact) mass is 548 g/mol. The van der Waals surface area contributed by atoms with E-state index < -0.39 is 5.60 Å². The van der Waals surface area contributed by atoms with Gasteiger partial charge < -0.3 is 14.4 Å². The lowest BCUT2D eigenvalue weighted by Gasteiger charge is -2.42. The van der Waals surface area contributed by atoms with E-state index in [2.05, 4.69) is 79.4 Å². The number of carbonyl (C=O) groups excluding carboxylic acids is 1. The zero-order chi connectivity index (χ0) is 28.5. The Morgan fingerprint density at radius 1 is 0.850 bits per heavy atom. The molecule has 1 amide bonds. The molecule has 0 N–H and O–H groups in total. The highest BCUT2D eigenvalue weighted by molar-refractivity contribution is 5.69. The molecule has 2 fully saturated rings. The molecule has 1 aliphatic heterocycles. The van der Waals surface area contributed by atoms with Gasteiger partial charge in [0.2, 0.25) is 0 Å². The van der Waals surface area contributed by atoms with Crippen molar-refractivity contribution in [2.75, 3.05) is 6.61 Å². The third-order valence-corrected chi connectivity index (χ3v) is 8.66. The van der Waals surface area contributed by atoms with Crippen molar-refractivity contribution in [1.82, 2.24) is 9.80 Å². The molecule has 40 heavy (non-hydrogen) atoms. The molecule has 2 aliphatic rings. The minimum atomic E-state index is -0.467. The minimum absolute atomic E-state index is 0.133. The largest absolute Gasteiger partial charge is 0.444 e. The SMILES string of the molecule is CC1CC(OCCCC2CCC(N(Cc3ccccc3)Cc3ccccc3)CC2)CC(C)N1C(=O)OC(C)(C)C. The van der Waals surface area contributed by atoms with Gasteiger partial charge in [0.25, 0.3) is 0 Å². The van der Waals surface area contributed by atoms with Crippen molar-refractivity contribution in [3.05, 3.63) is 71.8 Å². The van der Waals surface area contributed by atoms with Crippen LogP contribution in [-0.2, 0) is 22.6 Å². The van der Waals surface area contributed by atoms with Gasteiger partial charge in [-0.3, -0.25) is 4.90 Å².